The van der Waals surface area contributed by atoms with Crippen LogP contribution in [-0.4, -0.2) is 17.2 Å². The van der Waals surface area contributed by atoms with Crippen LogP contribution in [0.5, 0.6) is 5.75 Å². The molecule has 1 fully saturated rings. The van der Waals surface area contributed by atoms with Gasteiger partial charge in [0.2, 0.25) is 0 Å². The van der Waals surface area contributed by atoms with Crippen LogP contribution in [0.2, 0.25) is 0 Å². The lowest BCUT2D eigenvalue weighted by Crippen LogP contribution is -2.24. The lowest BCUT2D eigenvalue weighted by Gasteiger charge is -2.27. The number of nitrogen functional groups attached to an aromatic ring is 1. The van der Waals surface area contributed by atoms with Crippen LogP contribution in [0.25, 0.3) is 0 Å². The molecule has 0 heterocycles. The van der Waals surface area contributed by atoms with E-state index in [4.69, 9.17) is 15.6 Å². The number of aromatic carboxylic acids is 1. The Morgan fingerprint density at radius 3 is 2.83 bits per heavy atom. The summed E-state index contributed by atoms with van der Waals surface area (Å²) in [5.41, 5.74) is 6.41. The Hall–Kier alpha value is -1.71. The van der Waals surface area contributed by atoms with Gasteiger partial charge >= 0.3 is 5.97 Å². The summed E-state index contributed by atoms with van der Waals surface area (Å²) in [6.07, 6.45) is 4.73. The molecule has 0 bridgehead atoms. The minimum atomic E-state index is -0.973. The van der Waals surface area contributed by atoms with E-state index in [1.165, 1.54) is 25.0 Å². The van der Waals surface area contributed by atoms with Crippen LogP contribution in [-0.2, 0) is 0 Å². The second-order valence-electron chi connectivity index (χ2n) is 5.07. The van der Waals surface area contributed by atoms with E-state index in [1.807, 2.05) is 0 Å². The molecule has 98 valence electrons. The van der Waals surface area contributed by atoms with Gasteiger partial charge in [-0.3, -0.25) is 0 Å². The summed E-state index contributed by atoms with van der Waals surface area (Å²) >= 11 is 0. The average Bonchev–Trinajstić information content (AvgIpc) is 2.31. The molecule has 4 heteroatoms. The number of hydrogen-bond donors (Lipinski definition) is 2. The molecule has 0 spiro atoms. The third-order valence-corrected chi connectivity index (χ3v) is 3.44. The van der Waals surface area contributed by atoms with Gasteiger partial charge in [-0.15, -0.1) is 0 Å². The second kappa shape index (κ2) is 5.29. The quantitative estimate of drug-likeness (QED) is 0.808. The minimum Gasteiger partial charge on any atom is -0.488 e. The predicted molar refractivity (Wildman–Crippen MR) is 69.9 cm³/mol. The van der Waals surface area contributed by atoms with Gasteiger partial charge in [0.15, 0.2) is 0 Å². The van der Waals surface area contributed by atoms with E-state index in [-0.39, 0.29) is 11.7 Å². The van der Waals surface area contributed by atoms with Crippen molar-refractivity contribution in [3.05, 3.63) is 23.8 Å². The molecule has 3 N–H and O–H groups in total. The smallest absolute Gasteiger partial charge is 0.335 e. The van der Waals surface area contributed by atoms with Gasteiger partial charge in [0.1, 0.15) is 5.75 Å². The van der Waals surface area contributed by atoms with Crippen molar-refractivity contribution < 1.29 is 14.6 Å². The Kier molecular flexibility index (Phi) is 3.75. The summed E-state index contributed by atoms with van der Waals surface area (Å²) in [7, 11) is 0. The summed E-state index contributed by atoms with van der Waals surface area (Å²) in [6.45, 7) is 2.23. The normalized spacial score (nSPS) is 23.6. The van der Waals surface area contributed by atoms with Crippen molar-refractivity contribution in [1.82, 2.24) is 0 Å². The predicted octanol–water partition coefficient (Wildman–Crippen LogP) is 2.92. The summed E-state index contributed by atoms with van der Waals surface area (Å²) in [5, 5.41) is 8.86. The number of ether oxygens (including phenoxy) is 1. The van der Waals surface area contributed by atoms with E-state index in [9.17, 15) is 4.79 Å². The van der Waals surface area contributed by atoms with Crippen LogP contribution >= 0.6 is 0 Å². The first-order valence-corrected chi connectivity index (χ1v) is 6.35. The van der Waals surface area contributed by atoms with Crippen LogP contribution in [0.3, 0.4) is 0 Å². The lowest BCUT2D eigenvalue weighted by atomic mass is 9.89. The Bertz CT molecular complexity index is 445. The minimum absolute atomic E-state index is 0.192. The Morgan fingerprint density at radius 2 is 2.22 bits per heavy atom. The van der Waals surface area contributed by atoms with Crippen molar-refractivity contribution in [2.45, 2.75) is 38.7 Å². The van der Waals surface area contributed by atoms with Gasteiger partial charge in [-0.1, -0.05) is 13.3 Å². The highest BCUT2D eigenvalue weighted by Gasteiger charge is 2.21. The number of carboxylic acids is 1. The van der Waals surface area contributed by atoms with Crippen molar-refractivity contribution >= 4 is 11.7 Å². The average molecular weight is 249 g/mol. The zero-order chi connectivity index (χ0) is 13.1. The van der Waals surface area contributed by atoms with Gasteiger partial charge in [-0.25, -0.2) is 4.79 Å². The number of carbonyl (C=O) groups is 1. The fourth-order valence-corrected chi connectivity index (χ4v) is 2.45. The SMILES string of the molecule is CC1CCCC(Oc2ccc(C(=O)O)cc2N)C1. The van der Waals surface area contributed by atoms with E-state index in [1.54, 1.807) is 6.07 Å². The molecular weight excluding hydrogens is 230 g/mol. The molecule has 4 nitrogen and oxygen atoms in total. The molecule has 1 aromatic rings. The highest BCUT2D eigenvalue weighted by molar-refractivity contribution is 5.89. The molecule has 0 amide bonds. The number of benzene rings is 1. The van der Waals surface area contributed by atoms with Crippen LogP contribution in [0.1, 0.15) is 43.0 Å². The first-order chi connectivity index (χ1) is 8.56. The third-order valence-electron chi connectivity index (χ3n) is 3.44. The summed E-state index contributed by atoms with van der Waals surface area (Å²) in [4.78, 5) is 10.8. The number of hydrogen-bond acceptors (Lipinski definition) is 3. The van der Waals surface area contributed by atoms with Crippen LogP contribution in [0.15, 0.2) is 18.2 Å². The molecule has 18 heavy (non-hydrogen) atoms. The molecular formula is C14H19NO3. The standard InChI is InChI=1S/C14H19NO3/c1-9-3-2-4-11(7-9)18-13-6-5-10(14(16)17)8-12(13)15/h5-6,8-9,11H,2-4,7,15H2,1H3,(H,16,17). The summed E-state index contributed by atoms with van der Waals surface area (Å²) in [6, 6.07) is 4.63. The zero-order valence-electron chi connectivity index (χ0n) is 10.6. The number of nitrogens with two attached hydrogens (primary N) is 1. The zero-order valence-corrected chi connectivity index (χ0v) is 10.6. The molecule has 0 aliphatic heterocycles. The summed E-state index contributed by atoms with van der Waals surface area (Å²) < 4.78 is 5.87. The van der Waals surface area contributed by atoms with Crippen molar-refractivity contribution in [1.29, 1.82) is 0 Å². The fraction of sp³-hybridized carbons (Fsp3) is 0.500. The van der Waals surface area contributed by atoms with E-state index in [0.717, 1.165) is 12.8 Å². The molecule has 1 aromatic carbocycles. The molecule has 0 saturated heterocycles. The maximum atomic E-state index is 10.8. The van der Waals surface area contributed by atoms with E-state index in [0.29, 0.717) is 17.4 Å². The maximum absolute atomic E-state index is 10.8. The Labute approximate surface area is 107 Å². The number of rotatable bonds is 3. The maximum Gasteiger partial charge on any atom is 0.335 e. The highest BCUT2D eigenvalue weighted by Crippen LogP contribution is 2.30. The van der Waals surface area contributed by atoms with Crippen molar-refractivity contribution in [2.75, 3.05) is 5.73 Å². The Morgan fingerprint density at radius 1 is 1.44 bits per heavy atom. The van der Waals surface area contributed by atoms with Crippen LogP contribution in [0.4, 0.5) is 5.69 Å². The first-order valence-electron chi connectivity index (χ1n) is 6.35. The third kappa shape index (κ3) is 2.94. The van der Waals surface area contributed by atoms with Gasteiger partial charge < -0.3 is 15.6 Å². The molecule has 1 aliphatic rings. The van der Waals surface area contributed by atoms with Gasteiger partial charge in [0.05, 0.1) is 17.4 Å². The van der Waals surface area contributed by atoms with Gasteiger partial charge in [-0.2, -0.15) is 0 Å². The second-order valence-corrected chi connectivity index (χ2v) is 5.07. The van der Waals surface area contributed by atoms with E-state index >= 15 is 0 Å². The van der Waals surface area contributed by atoms with Gasteiger partial charge in [-0.05, 0) is 43.4 Å². The van der Waals surface area contributed by atoms with E-state index < -0.39 is 5.97 Å². The van der Waals surface area contributed by atoms with Crippen molar-refractivity contribution in [3.63, 3.8) is 0 Å². The summed E-state index contributed by atoms with van der Waals surface area (Å²) in [5.74, 6) is 0.307. The van der Waals surface area contributed by atoms with Crippen molar-refractivity contribution in [3.8, 4) is 5.75 Å². The number of anilines is 1. The molecule has 2 unspecified atom stereocenters. The first kappa shape index (κ1) is 12.7. The Balaban J connectivity index is 2.07. The fourth-order valence-electron chi connectivity index (χ4n) is 2.45. The van der Waals surface area contributed by atoms with Gasteiger partial charge in [0, 0.05) is 0 Å². The molecule has 1 aliphatic carbocycles. The van der Waals surface area contributed by atoms with E-state index in [2.05, 4.69) is 6.92 Å². The molecule has 1 saturated carbocycles. The number of carboxylic acid groups (broad SMARTS) is 1. The molecule has 2 atom stereocenters. The van der Waals surface area contributed by atoms with Crippen LogP contribution < -0.4 is 10.5 Å². The monoisotopic (exact) mass is 249 g/mol. The molecule has 2 rings (SSSR count). The highest BCUT2D eigenvalue weighted by atomic mass is 16.5. The van der Waals surface area contributed by atoms with Crippen LogP contribution in [0, 0.1) is 5.92 Å². The lowest BCUT2D eigenvalue weighted by molar-refractivity contribution is 0.0697. The molecule has 0 aromatic heterocycles. The molecule has 0 radical (unpaired) electrons. The largest absolute Gasteiger partial charge is 0.488 e. The van der Waals surface area contributed by atoms with Gasteiger partial charge in [0.25, 0.3) is 0 Å². The topological polar surface area (TPSA) is 72.5 Å². The van der Waals surface area contributed by atoms with Crippen molar-refractivity contribution in [2.24, 2.45) is 5.92 Å².